The fourth-order valence-electron chi connectivity index (χ4n) is 4.09. The highest BCUT2D eigenvalue weighted by atomic mass is 16.3. The molecule has 1 aromatic carbocycles. The van der Waals surface area contributed by atoms with E-state index in [2.05, 4.69) is 12.1 Å². The number of likely N-dealkylation sites (tertiary alicyclic amines) is 1. The van der Waals surface area contributed by atoms with E-state index >= 15 is 0 Å². The molecule has 0 saturated carbocycles. The predicted molar refractivity (Wildman–Crippen MR) is 112 cm³/mol. The molecule has 1 fully saturated rings. The summed E-state index contributed by atoms with van der Waals surface area (Å²) in [5.74, 6) is -0.0117. The smallest absolute Gasteiger partial charge is 0.236 e. The lowest BCUT2D eigenvalue weighted by Gasteiger charge is -2.55. The molecule has 2 rings (SSSR count). The van der Waals surface area contributed by atoms with Gasteiger partial charge in [-0.15, -0.1) is 0 Å². The van der Waals surface area contributed by atoms with E-state index in [0.29, 0.717) is 19.6 Å². The van der Waals surface area contributed by atoms with E-state index in [1.807, 2.05) is 57.1 Å². The molecule has 0 bridgehead atoms. The van der Waals surface area contributed by atoms with Crippen LogP contribution in [0.3, 0.4) is 0 Å². The molecule has 1 aromatic rings. The van der Waals surface area contributed by atoms with Gasteiger partial charge in [0, 0.05) is 25.9 Å². The van der Waals surface area contributed by atoms with Crippen LogP contribution in [-0.2, 0) is 9.59 Å². The van der Waals surface area contributed by atoms with Gasteiger partial charge in [0.1, 0.15) is 0 Å². The molecule has 0 radical (unpaired) electrons. The average molecular weight is 388 g/mol. The van der Waals surface area contributed by atoms with Crippen LogP contribution < -0.4 is 0 Å². The van der Waals surface area contributed by atoms with E-state index in [4.69, 9.17) is 0 Å². The van der Waals surface area contributed by atoms with Crippen molar-refractivity contribution < 1.29 is 14.7 Å². The maximum absolute atomic E-state index is 12.6. The van der Waals surface area contributed by atoms with Gasteiger partial charge >= 0.3 is 0 Å². The van der Waals surface area contributed by atoms with E-state index in [9.17, 15) is 14.7 Å². The molecule has 1 saturated heterocycles. The van der Waals surface area contributed by atoms with Crippen molar-refractivity contribution in [3.63, 3.8) is 0 Å². The normalized spacial score (nSPS) is 21.8. The number of allylic oxidation sites excluding steroid dienone is 1. The molecule has 0 aromatic heterocycles. The maximum Gasteiger partial charge on any atom is 0.236 e. The third-order valence-corrected chi connectivity index (χ3v) is 5.37. The Kier molecular flexibility index (Phi) is 7.78. The molecule has 3 atom stereocenters. The van der Waals surface area contributed by atoms with Gasteiger partial charge in [-0.2, -0.15) is 0 Å². The lowest BCUT2D eigenvalue weighted by Crippen LogP contribution is -2.68. The zero-order chi connectivity index (χ0) is 20.8. The summed E-state index contributed by atoms with van der Waals surface area (Å²) in [7, 11) is 3.74. The summed E-state index contributed by atoms with van der Waals surface area (Å²) in [6, 6.07) is 7.83. The second-order valence-electron chi connectivity index (χ2n) is 7.61. The number of likely N-dealkylation sites (N-methyl/N-ethyl adjacent to an activating group) is 2. The number of nitrogens with zero attached hydrogens (tertiary/aromatic N) is 3. The Hall–Kier alpha value is -2.18. The van der Waals surface area contributed by atoms with Crippen LogP contribution in [0.4, 0.5) is 0 Å². The SMILES string of the molecule is C/C=C/c1ccc([C@H]2[C@H](CO)N(C(C)=O)[C@H]2CN(CC)C(=O)CN(C)C)cc1. The summed E-state index contributed by atoms with van der Waals surface area (Å²) in [5, 5.41) is 9.92. The Bertz CT molecular complexity index is 699. The molecule has 2 amide bonds. The van der Waals surface area contributed by atoms with Crippen molar-refractivity contribution in [3.05, 3.63) is 41.5 Å². The van der Waals surface area contributed by atoms with Gasteiger partial charge in [0.25, 0.3) is 0 Å². The van der Waals surface area contributed by atoms with Gasteiger partial charge in [-0.1, -0.05) is 36.4 Å². The van der Waals surface area contributed by atoms with Crippen molar-refractivity contribution in [2.75, 3.05) is 40.3 Å². The van der Waals surface area contributed by atoms with Crippen LogP contribution in [-0.4, -0.2) is 84.0 Å². The van der Waals surface area contributed by atoms with E-state index in [1.165, 1.54) is 6.92 Å². The quantitative estimate of drug-likeness (QED) is 0.739. The molecule has 1 N–H and O–H groups in total. The van der Waals surface area contributed by atoms with Crippen molar-refractivity contribution in [1.82, 2.24) is 14.7 Å². The first-order valence-electron chi connectivity index (χ1n) is 9.88. The van der Waals surface area contributed by atoms with E-state index < -0.39 is 0 Å². The molecule has 0 spiro atoms. The molecule has 0 aliphatic carbocycles. The highest BCUT2D eigenvalue weighted by molar-refractivity contribution is 5.79. The van der Waals surface area contributed by atoms with Gasteiger partial charge in [-0.05, 0) is 39.1 Å². The molecule has 1 heterocycles. The number of carbonyl (C=O) groups is 2. The molecule has 0 unspecified atom stereocenters. The van der Waals surface area contributed by atoms with Gasteiger partial charge < -0.3 is 19.8 Å². The lowest BCUT2D eigenvalue weighted by molar-refractivity contribution is -0.152. The lowest BCUT2D eigenvalue weighted by atomic mass is 9.74. The molecule has 154 valence electrons. The number of hydrogen-bond donors (Lipinski definition) is 1. The summed E-state index contributed by atoms with van der Waals surface area (Å²) in [6.45, 7) is 6.77. The fourth-order valence-corrected chi connectivity index (χ4v) is 4.09. The summed E-state index contributed by atoms with van der Waals surface area (Å²) >= 11 is 0. The van der Waals surface area contributed by atoms with Gasteiger partial charge in [0.05, 0.1) is 25.2 Å². The van der Waals surface area contributed by atoms with Crippen LogP contribution in [0, 0.1) is 0 Å². The summed E-state index contributed by atoms with van der Waals surface area (Å²) < 4.78 is 0. The highest BCUT2D eigenvalue weighted by Gasteiger charge is 2.50. The first kappa shape index (κ1) is 22.1. The minimum Gasteiger partial charge on any atom is -0.394 e. The monoisotopic (exact) mass is 387 g/mol. The minimum absolute atomic E-state index is 0.00904. The summed E-state index contributed by atoms with van der Waals surface area (Å²) in [4.78, 5) is 30.2. The number of benzene rings is 1. The maximum atomic E-state index is 12.6. The first-order valence-corrected chi connectivity index (χ1v) is 9.88. The van der Waals surface area contributed by atoms with Crippen molar-refractivity contribution in [1.29, 1.82) is 0 Å². The van der Waals surface area contributed by atoms with E-state index in [1.54, 1.807) is 9.80 Å². The number of aliphatic hydroxyl groups is 1. The fraction of sp³-hybridized carbons (Fsp3) is 0.545. The second-order valence-corrected chi connectivity index (χ2v) is 7.61. The van der Waals surface area contributed by atoms with Crippen LogP contribution in [0.25, 0.3) is 6.08 Å². The Balaban J connectivity index is 2.27. The van der Waals surface area contributed by atoms with Gasteiger partial charge in [-0.3, -0.25) is 9.59 Å². The standard InChI is InChI=1S/C22H33N3O3/c1-6-8-17-9-11-18(12-10-17)22-19(25(16(3)27)20(22)15-26)13-24(7-2)21(28)14-23(4)5/h6,8-12,19-20,22,26H,7,13-15H2,1-5H3/b8-6+/t19-,20-,22+/m0/s1. The molecule has 6 heteroatoms. The van der Waals surface area contributed by atoms with Gasteiger partial charge in [-0.25, -0.2) is 0 Å². The first-order chi connectivity index (χ1) is 13.3. The number of aliphatic hydroxyl groups excluding tert-OH is 1. The highest BCUT2D eigenvalue weighted by Crippen LogP contribution is 2.41. The third-order valence-electron chi connectivity index (χ3n) is 5.37. The molecule has 6 nitrogen and oxygen atoms in total. The van der Waals surface area contributed by atoms with Crippen molar-refractivity contribution in [2.24, 2.45) is 0 Å². The van der Waals surface area contributed by atoms with Crippen molar-refractivity contribution in [3.8, 4) is 0 Å². The Morgan fingerprint density at radius 2 is 1.82 bits per heavy atom. The summed E-state index contributed by atoms with van der Waals surface area (Å²) in [5.41, 5.74) is 2.20. The molecule has 28 heavy (non-hydrogen) atoms. The zero-order valence-electron chi connectivity index (χ0n) is 17.6. The predicted octanol–water partition coefficient (Wildman–Crippen LogP) is 1.80. The van der Waals surface area contributed by atoms with Crippen LogP contribution in [0.1, 0.15) is 37.8 Å². The topological polar surface area (TPSA) is 64.1 Å². The average Bonchev–Trinajstić information content (AvgIpc) is 2.62. The van der Waals surface area contributed by atoms with Crippen LogP contribution in [0.5, 0.6) is 0 Å². The molecular formula is C22H33N3O3. The summed E-state index contributed by atoms with van der Waals surface area (Å²) in [6.07, 6.45) is 4.02. The largest absolute Gasteiger partial charge is 0.394 e. The number of amides is 2. The Morgan fingerprint density at radius 3 is 2.29 bits per heavy atom. The molecule has 1 aliphatic rings. The molecular weight excluding hydrogens is 354 g/mol. The number of carbonyl (C=O) groups excluding carboxylic acids is 2. The third kappa shape index (κ3) is 4.80. The van der Waals surface area contributed by atoms with E-state index in [-0.39, 0.29) is 36.4 Å². The zero-order valence-corrected chi connectivity index (χ0v) is 17.6. The Morgan fingerprint density at radius 1 is 1.18 bits per heavy atom. The Labute approximate surface area is 168 Å². The van der Waals surface area contributed by atoms with Gasteiger partial charge in [0.2, 0.25) is 11.8 Å². The van der Waals surface area contributed by atoms with Crippen LogP contribution in [0.15, 0.2) is 30.3 Å². The number of hydrogen-bond acceptors (Lipinski definition) is 4. The van der Waals surface area contributed by atoms with Crippen LogP contribution >= 0.6 is 0 Å². The van der Waals surface area contributed by atoms with Crippen molar-refractivity contribution in [2.45, 2.75) is 38.8 Å². The van der Waals surface area contributed by atoms with Crippen LogP contribution in [0.2, 0.25) is 0 Å². The van der Waals surface area contributed by atoms with E-state index in [0.717, 1.165) is 11.1 Å². The number of rotatable bonds is 8. The van der Waals surface area contributed by atoms with Crippen molar-refractivity contribution >= 4 is 17.9 Å². The second kappa shape index (κ2) is 9.85. The molecule has 1 aliphatic heterocycles. The minimum atomic E-state index is -0.252. The van der Waals surface area contributed by atoms with Gasteiger partial charge in [0.15, 0.2) is 0 Å².